The van der Waals surface area contributed by atoms with Gasteiger partial charge in [-0.15, -0.1) is 24.8 Å². The summed E-state index contributed by atoms with van der Waals surface area (Å²) in [4.78, 5) is 14.9. The van der Waals surface area contributed by atoms with Crippen LogP contribution in [0, 0.1) is 0 Å². The van der Waals surface area contributed by atoms with Crippen LogP contribution in [0.25, 0.3) is 0 Å². The van der Waals surface area contributed by atoms with Crippen molar-refractivity contribution < 1.29 is 9.53 Å². The van der Waals surface area contributed by atoms with Gasteiger partial charge in [0.1, 0.15) is 0 Å². The number of amides is 1. The van der Waals surface area contributed by atoms with Crippen LogP contribution in [0.1, 0.15) is 31.2 Å². The SMILES string of the molecule is Cl.Cl.NC1(C(=O)NCC2CCCN2Cc2ccccc2)CCOCC1. The van der Waals surface area contributed by atoms with Crippen molar-refractivity contribution in [2.45, 2.75) is 43.8 Å². The molecule has 1 atom stereocenters. The minimum atomic E-state index is -0.749. The summed E-state index contributed by atoms with van der Waals surface area (Å²) in [5.74, 6) is -0.0210. The summed E-state index contributed by atoms with van der Waals surface area (Å²) >= 11 is 0. The molecule has 0 aliphatic carbocycles. The molecule has 0 bridgehead atoms. The highest BCUT2D eigenvalue weighted by molar-refractivity contribution is 5.86. The number of carbonyl (C=O) groups excluding carboxylic acids is 1. The first-order valence-corrected chi connectivity index (χ1v) is 8.60. The van der Waals surface area contributed by atoms with Crippen LogP contribution in [0.15, 0.2) is 30.3 Å². The second-order valence-electron chi connectivity index (χ2n) is 6.73. The number of likely N-dealkylation sites (tertiary alicyclic amines) is 1. The zero-order valence-electron chi connectivity index (χ0n) is 14.5. The first-order chi connectivity index (χ1) is 11.2. The van der Waals surface area contributed by atoms with Gasteiger partial charge in [-0.05, 0) is 37.8 Å². The lowest BCUT2D eigenvalue weighted by Crippen LogP contribution is -2.58. The van der Waals surface area contributed by atoms with Crippen molar-refractivity contribution in [2.24, 2.45) is 5.73 Å². The Balaban J connectivity index is 0.00000156. The fourth-order valence-electron chi connectivity index (χ4n) is 3.50. The number of hydrogen-bond acceptors (Lipinski definition) is 4. The molecule has 0 spiro atoms. The zero-order valence-corrected chi connectivity index (χ0v) is 16.1. The summed E-state index contributed by atoms with van der Waals surface area (Å²) in [6, 6.07) is 10.9. The topological polar surface area (TPSA) is 67.6 Å². The minimum Gasteiger partial charge on any atom is -0.381 e. The molecule has 1 unspecified atom stereocenters. The maximum Gasteiger partial charge on any atom is 0.240 e. The largest absolute Gasteiger partial charge is 0.381 e. The Bertz CT molecular complexity index is 524. The molecule has 1 aromatic carbocycles. The van der Waals surface area contributed by atoms with E-state index in [-0.39, 0.29) is 30.7 Å². The molecule has 7 heteroatoms. The van der Waals surface area contributed by atoms with Gasteiger partial charge < -0.3 is 15.8 Å². The van der Waals surface area contributed by atoms with Crippen LogP contribution < -0.4 is 11.1 Å². The number of ether oxygens (including phenoxy) is 1. The van der Waals surface area contributed by atoms with Crippen LogP contribution in [-0.4, -0.2) is 48.7 Å². The Morgan fingerprint density at radius 1 is 1.24 bits per heavy atom. The summed E-state index contributed by atoms with van der Waals surface area (Å²) in [5, 5.41) is 3.09. The van der Waals surface area contributed by atoms with Gasteiger partial charge in [0.05, 0.1) is 5.54 Å². The number of benzene rings is 1. The standard InChI is InChI=1S/C18H27N3O2.2ClH/c19-18(8-11-23-12-9-18)17(22)20-13-16-7-4-10-21(16)14-15-5-2-1-3-6-15;;/h1-3,5-6,16H,4,7-14,19H2,(H,20,22);2*1H. The summed E-state index contributed by atoms with van der Waals surface area (Å²) in [7, 11) is 0. The van der Waals surface area contributed by atoms with Gasteiger partial charge in [-0.25, -0.2) is 0 Å². The highest BCUT2D eigenvalue weighted by Crippen LogP contribution is 2.21. The van der Waals surface area contributed by atoms with Crippen molar-refractivity contribution >= 4 is 30.7 Å². The maximum absolute atomic E-state index is 12.4. The number of nitrogens with two attached hydrogens (primary N) is 1. The number of hydrogen-bond donors (Lipinski definition) is 2. The van der Waals surface area contributed by atoms with Gasteiger partial charge >= 0.3 is 0 Å². The van der Waals surface area contributed by atoms with E-state index in [9.17, 15) is 4.79 Å². The van der Waals surface area contributed by atoms with E-state index in [0.29, 0.717) is 38.6 Å². The minimum absolute atomic E-state index is 0. The lowest BCUT2D eigenvalue weighted by Gasteiger charge is -2.33. The Hall–Kier alpha value is -0.850. The molecule has 2 saturated heterocycles. The van der Waals surface area contributed by atoms with E-state index < -0.39 is 5.54 Å². The van der Waals surface area contributed by atoms with E-state index in [0.717, 1.165) is 19.5 Å². The molecule has 2 aliphatic heterocycles. The highest BCUT2D eigenvalue weighted by atomic mass is 35.5. The van der Waals surface area contributed by atoms with E-state index in [1.54, 1.807) is 0 Å². The van der Waals surface area contributed by atoms with E-state index >= 15 is 0 Å². The van der Waals surface area contributed by atoms with Crippen LogP contribution in [0.2, 0.25) is 0 Å². The molecule has 2 fully saturated rings. The average Bonchev–Trinajstić information content (AvgIpc) is 3.01. The summed E-state index contributed by atoms with van der Waals surface area (Å²) in [5.41, 5.74) is 6.82. The summed E-state index contributed by atoms with van der Waals surface area (Å²) in [6.07, 6.45) is 3.54. The summed E-state index contributed by atoms with van der Waals surface area (Å²) in [6.45, 7) is 3.88. The molecule has 1 aromatic rings. The highest BCUT2D eigenvalue weighted by Gasteiger charge is 2.36. The van der Waals surface area contributed by atoms with Gasteiger partial charge in [-0.2, -0.15) is 0 Å². The van der Waals surface area contributed by atoms with Crippen LogP contribution in [0.3, 0.4) is 0 Å². The van der Waals surface area contributed by atoms with Gasteiger partial charge in [0, 0.05) is 32.3 Å². The number of carbonyl (C=O) groups is 1. The zero-order chi connectivity index (χ0) is 16.1. The first kappa shape index (κ1) is 22.2. The van der Waals surface area contributed by atoms with E-state index in [1.165, 1.54) is 12.0 Å². The molecular formula is C18H29Cl2N3O2. The van der Waals surface area contributed by atoms with E-state index in [2.05, 4.69) is 34.5 Å². The quantitative estimate of drug-likeness (QED) is 0.808. The Kier molecular flexibility index (Phi) is 9.17. The molecule has 25 heavy (non-hydrogen) atoms. The first-order valence-electron chi connectivity index (χ1n) is 8.60. The Morgan fingerprint density at radius 3 is 2.60 bits per heavy atom. The molecule has 142 valence electrons. The molecule has 2 aliphatic rings. The van der Waals surface area contributed by atoms with Crippen molar-refractivity contribution in [3.63, 3.8) is 0 Å². The maximum atomic E-state index is 12.4. The normalized spacial score (nSPS) is 22.5. The van der Waals surface area contributed by atoms with Crippen LogP contribution in [0.5, 0.6) is 0 Å². The lowest BCUT2D eigenvalue weighted by molar-refractivity contribution is -0.130. The van der Waals surface area contributed by atoms with Gasteiger partial charge in [0.15, 0.2) is 0 Å². The van der Waals surface area contributed by atoms with Crippen molar-refractivity contribution in [1.29, 1.82) is 0 Å². The van der Waals surface area contributed by atoms with Crippen LogP contribution in [0.4, 0.5) is 0 Å². The van der Waals surface area contributed by atoms with Gasteiger partial charge in [-0.1, -0.05) is 30.3 Å². The molecule has 0 aromatic heterocycles. The predicted octanol–water partition coefficient (Wildman–Crippen LogP) is 2.12. The van der Waals surface area contributed by atoms with E-state index in [4.69, 9.17) is 10.5 Å². The molecule has 0 saturated carbocycles. The van der Waals surface area contributed by atoms with E-state index in [1.807, 2.05) is 6.07 Å². The Morgan fingerprint density at radius 2 is 1.92 bits per heavy atom. The predicted molar refractivity (Wildman–Crippen MR) is 104 cm³/mol. The van der Waals surface area contributed by atoms with Crippen molar-refractivity contribution in [1.82, 2.24) is 10.2 Å². The van der Waals surface area contributed by atoms with Gasteiger partial charge in [-0.3, -0.25) is 9.69 Å². The third-order valence-corrected chi connectivity index (χ3v) is 5.06. The van der Waals surface area contributed by atoms with Crippen LogP contribution >= 0.6 is 24.8 Å². The second-order valence-corrected chi connectivity index (χ2v) is 6.73. The van der Waals surface area contributed by atoms with Crippen molar-refractivity contribution in [3.05, 3.63) is 35.9 Å². The van der Waals surface area contributed by atoms with Crippen LogP contribution in [-0.2, 0) is 16.1 Å². The fraction of sp³-hybridized carbons (Fsp3) is 0.611. The fourth-order valence-corrected chi connectivity index (χ4v) is 3.50. The molecular weight excluding hydrogens is 361 g/mol. The molecule has 5 nitrogen and oxygen atoms in total. The monoisotopic (exact) mass is 389 g/mol. The van der Waals surface area contributed by atoms with Gasteiger partial charge in [0.25, 0.3) is 0 Å². The lowest BCUT2D eigenvalue weighted by atomic mass is 9.90. The number of halogens is 2. The summed E-state index contributed by atoms with van der Waals surface area (Å²) < 4.78 is 5.31. The van der Waals surface area contributed by atoms with Crippen molar-refractivity contribution in [3.8, 4) is 0 Å². The number of rotatable bonds is 5. The van der Waals surface area contributed by atoms with Crippen molar-refractivity contribution in [2.75, 3.05) is 26.3 Å². The smallest absolute Gasteiger partial charge is 0.240 e. The molecule has 1 amide bonds. The average molecular weight is 390 g/mol. The molecule has 0 radical (unpaired) electrons. The molecule has 2 heterocycles. The number of nitrogens with zero attached hydrogens (tertiary/aromatic N) is 1. The molecule has 3 rings (SSSR count). The third-order valence-electron chi connectivity index (χ3n) is 5.06. The second kappa shape index (κ2) is 10.3. The molecule has 3 N–H and O–H groups in total. The third kappa shape index (κ3) is 5.83. The number of nitrogens with one attached hydrogen (secondary N) is 1. The van der Waals surface area contributed by atoms with Gasteiger partial charge in [0.2, 0.25) is 5.91 Å². The Labute approximate surface area is 162 Å².